The van der Waals surface area contributed by atoms with Gasteiger partial charge in [0.2, 0.25) is 0 Å². The summed E-state index contributed by atoms with van der Waals surface area (Å²) in [6, 6.07) is 6.83. The van der Waals surface area contributed by atoms with Crippen molar-refractivity contribution in [2.75, 3.05) is 0 Å². The molecule has 4 heteroatoms. The summed E-state index contributed by atoms with van der Waals surface area (Å²) in [6.07, 6.45) is -0.0802. The van der Waals surface area contributed by atoms with E-state index in [1.807, 2.05) is 0 Å². The molecule has 0 aliphatic heterocycles. The fraction of sp³-hybridized carbons (Fsp3) is 0.222. The van der Waals surface area contributed by atoms with Gasteiger partial charge in [0.1, 0.15) is 0 Å². The van der Waals surface area contributed by atoms with Crippen LogP contribution in [0.4, 0.5) is 0 Å². The van der Waals surface area contributed by atoms with E-state index in [0.29, 0.717) is 5.02 Å². The zero-order chi connectivity index (χ0) is 9.84. The van der Waals surface area contributed by atoms with E-state index >= 15 is 0 Å². The van der Waals surface area contributed by atoms with E-state index < -0.39 is 11.3 Å². The van der Waals surface area contributed by atoms with E-state index in [9.17, 15) is 4.79 Å². The molecular formula is C9H8Cl2O2. The predicted molar refractivity (Wildman–Crippen MR) is 52.3 cm³/mol. The first-order valence-corrected chi connectivity index (χ1v) is 4.52. The summed E-state index contributed by atoms with van der Waals surface area (Å²) in [5, 5.41) is 8.61. The van der Waals surface area contributed by atoms with Crippen molar-refractivity contribution < 1.29 is 9.90 Å². The molecule has 0 fully saturated rings. The highest BCUT2D eigenvalue weighted by Crippen LogP contribution is 2.25. The normalized spacial score (nSPS) is 12.5. The van der Waals surface area contributed by atoms with E-state index in [-0.39, 0.29) is 6.42 Å². The fourth-order valence-electron chi connectivity index (χ4n) is 0.943. The summed E-state index contributed by atoms with van der Waals surface area (Å²) >= 11 is 11.5. The lowest BCUT2D eigenvalue weighted by Gasteiger charge is -2.06. The van der Waals surface area contributed by atoms with E-state index in [4.69, 9.17) is 28.3 Å². The van der Waals surface area contributed by atoms with Crippen LogP contribution in [-0.4, -0.2) is 11.1 Å². The summed E-state index contributed by atoms with van der Waals surface area (Å²) < 4.78 is 0. The SMILES string of the molecule is O=C(O)CC(Cl)c1ccc(Cl)cc1. The third kappa shape index (κ3) is 3.25. The molecule has 1 N–H and O–H groups in total. The molecule has 0 saturated carbocycles. The molecule has 0 amide bonds. The zero-order valence-corrected chi connectivity index (χ0v) is 8.22. The van der Waals surface area contributed by atoms with Crippen LogP contribution in [-0.2, 0) is 4.79 Å². The minimum atomic E-state index is -0.907. The molecule has 1 unspecified atom stereocenters. The van der Waals surface area contributed by atoms with Gasteiger partial charge in [0.25, 0.3) is 0 Å². The average Bonchev–Trinajstić information content (AvgIpc) is 2.04. The standard InChI is InChI=1S/C9H8Cl2O2/c10-7-3-1-6(2-4-7)8(11)5-9(12)13/h1-4,8H,5H2,(H,12,13). The van der Waals surface area contributed by atoms with Gasteiger partial charge in [-0.1, -0.05) is 23.7 Å². The topological polar surface area (TPSA) is 37.3 Å². The summed E-state index contributed by atoms with van der Waals surface area (Å²) in [7, 11) is 0. The number of carboxylic acids is 1. The van der Waals surface area contributed by atoms with Gasteiger partial charge in [0.15, 0.2) is 0 Å². The molecule has 0 spiro atoms. The smallest absolute Gasteiger partial charge is 0.305 e. The van der Waals surface area contributed by atoms with Crippen LogP contribution >= 0.6 is 23.2 Å². The number of hydrogen-bond donors (Lipinski definition) is 1. The second kappa shape index (κ2) is 4.49. The quantitative estimate of drug-likeness (QED) is 0.793. The Kier molecular flexibility index (Phi) is 3.58. The number of benzene rings is 1. The van der Waals surface area contributed by atoms with Gasteiger partial charge in [-0.3, -0.25) is 4.79 Å². The van der Waals surface area contributed by atoms with Gasteiger partial charge in [-0.15, -0.1) is 11.6 Å². The molecule has 1 rings (SSSR count). The predicted octanol–water partition coefficient (Wildman–Crippen LogP) is 3.09. The summed E-state index contributed by atoms with van der Waals surface area (Å²) in [4.78, 5) is 10.3. The Morgan fingerprint density at radius 3 is 2.38 bits per heavy atom. The Hall–Kier alpha value is -0.730. The third-order valence-corrected chi connectivity index (χ3v) is 2.24. The summed E-state index contributed by atoms with van der Waals surface area (Å²) in [6.45, 7) is 0. The van der Waals surface area contributed by atoms with Crippen LogP contribution < -0.4 is 0 Å². The molecule has 0 aromatic heterocycles. The first-order chi connectivity index (χ1) is 6.09. The minimum Gasteiger partial charge on any atom is -0.481 e. The van der Waals surface area contributed by atoms with Crippen LogP contribution in [0.1, 0.15) is 17.4 Å². The van der Waals surface area contributed by atoms with Crippen molar-refractivity contribution >= 4 is 29.2 Å². The Labute approximate surface area is 86.1 Å². The Bertz CT molecular complexity index is 295. The van der Waals surface area contributed by atoms with E-state index in [1.165, 1.54) is 0 Å². The van der Waals surface area contributed by atoms with Gasteiger partial charge >= 0.3 is 5.97 Å². The fourth-order valence-corrected chi connectivity index (χ4v) is 1.35. The maximum absolute atomic E-state index is 10.3. The molecule has 0 saturated heterocycles. The molecule has 1 aromatic rings. The highest BCUT2D eigenvalue weighted by atomic mass is 35.5. The van der Waals surface area contributed by atoms with Gasteiger partial charge in [-0.2, -0.15) is 0 Å². The Balaban J connectivity index is 2.71. The number of halogens is 2. The number of aliphatic carboxylic acids is 1. The number of carbonyl (C=O) groups is 1. The molecular weight excluding hydrogens is 211 g/mol. The summed E-state index contributed by atoms with van der Waals surface area (Å²) in [5.74, 6) is -0.907. The Morgan fingerprint density at radius 1 is 1.38 bits per heavy atom. The van der Waals surface area contributed by atoms with Crippen molar-refractivity contribution in [1.29, 1.82) is 0 Å². The maximum Gasteiger partial charge on any atom is 0.305 e. The maximum atomic E-state index is 10.3. The minimum absolute atomic E-state index is 0.0802. The number of alkyl halides is 1. The lowest BCUT2D eigenvalue weighted by molar-refractivity contribution is -0.137. The number of hydrogen-bond acceptors (Lipinski definition) is 1. The summed E-state index contributed by atoms with van der Waals surface area (Å²) in [5.41, 5.74) is 0.772. The highest BCUT2D eigenvalue weighted by molar-refractivity contribution is 6.30. The molecule has 0 heterocycles. The van der Waals surface area contributed by atoms with Gasteiger partial charge < -0.3 is 5.11 Å². The van der Waals surface area contributed by atoms with E-state index in [0.717, 1.165) is 5.56 Å². The molecule has 1 atom stereocenters. The molecule has 0 radical (unpaired) electrons. The molecule has 0 aliphatic rings. The second-order valence-corrected chi connectivity index (χ2v) is 3.58. The number of rotatable bonds is 3. The lowest BCUT2D eigenvalue weighted by Crippen LogP contribution is -2.00. The molecule has 2 nitrogen and oxygen atoms in total. The van der Waals surface area contributed by atoms with Gasteiger partial charge in [0.05, 0.1) is 11.8 Å². The number of carboxylic acid groups (broad SMARTS) is 1. The molecule has 1 aromatic carbocycles. The van der Waals surface area contributed by atoms with Gasteiger partial charge in [0, 0.05) is 5.02 Å². The van der Waals surface area contributed by atoms with Crippen molar-refractivity contribution in [2.24, 2.45) is 0 Å². The highest BCUT2D eigenvalue weighted by Gasteiger charge is 2.11. The van der Waals surface area contributed by atoms with E-state index in [2.05, 4.69) is 0 Å². The van der Waals surface area contributed by atoms with Crippen LogP contribution in [0.5, 0.6) is 0 Å². The van der Waals surface area contributed by atoms with Crippen LogP contribution in [0.2, 0.25) is 5.02 Å². The first kappa shape index (κ1) is 10.4. The monoisotopic (exact) mass is 218 g/mol. The first-order valence-electron chi connectivity index (χ1n) is 3.71. The van der Waals surface area contributed by atoms with Crippen molar-refractivity contribution in [1.82, 2.24) is 0 Å². The van der Waals surface area contributed by atoms with Crippen LogP contribution in [0, 0.1) is 0 Å². The third-order valence-electron chi connectivity index (χ3n) is 1.59. The molecule has 70 valence electrons. The Morgan fingerprint density at radius 2 is 1.92 bits per heavy atom. The largest absolute Gasteiger partial charge is 0.481 e. The van der Waals surface area contributed by atoms with Crippen molar-refractivity contribution in [3.63, 3.8) is 0 Å². The van der Waals surface area contributed by atoms with Crippen LogP contribution in [0.25, 0.3) is 0 Å². The zero-order valence-electron chi connectivity index (χ0n) is 6.71. The van der Waals surface area contributed by atoms with Gasteiger partial charge in [-0.25, -0.2) is 0 Å². The molecule has 0 bridgehead atoms. The van der Waals surface area contributed by atoms with Crippen molar-refractivity contribution in [3.05, 3.63) is 34.9 Å². The molecule has 0 aliphatic carbocycles. The lowest BCUT2D eigenvalue weighted by atomic mass is 10.1. The van der Waals surface area contributed by atoms with Crippen LogP contribution in [0.3, 0.4) is 0 Å². The van der Waals surface area contributed by atoms with Crippen molar-refractivity contribution in [3.8, 4) is 0 Å². The molecule has 13 heavy (non-hydrogen) atoms. The van der Waals surface area contributed by atoms with Crippen LogP contribution in [0.15, 0.2) is 24.3 Å². The van der Waals surface area contributed by atoms with E-state index in [1.54, 1.807) is 24.3 Å². The second-order valence-electron chi connectivity index (χ2n) is 2.62. The van der Waals surface area contributed by atoms with Gasteiger partial charge in [-0.05, 0) is 17.7 Å². The van der Waals surface area contributed by atoms with Crippen molar-refractivity contribution in [2.45, 2.75) is 11.8 Å². The average molecular weight is 219 g/mol.